The summed E-state index contributed by atoms with van der Waals surface area (Å²) >= 11 is 0. The van der Waals surface area contributed by atoms with Crippen molar-refractivity contribution in [3.8, 4) is 28.3 Å². The van der Waals surface area contributed by atoms with E-state index in [9.17, 15) is 5.26 Å². The molecule has 4 heteroatoms. The van der Waals surface area contributed by atoms with E-state index in [4.69, 9.17) is 6.57 Å². The van der Waals surface area contributed by atoms with Crippen LogP contribution >= 0.6 is 0 Å². The van der Waals surface area contributed by atoms with Crippen LogP contribution in [0.25, 0.3) is 59.4 Å². The Morgan fingerprint density at radius 3 is 1.40 bits per heavy atom. The van der Waals surface area contributed by atoms with Gasteiger partial charge in [0.15, 0.2) is 5.69 Å². The van der Waals surface area contributed by atoms with Gasteiger partial charge in [-0.3, -0.25) is 0 Å². The van der Waals surface area contributed by atoms with Crippen molar-refractivity contribution in [2.24, 2.45) is 0 Å². The lowest BCUT2D eigenvalue weighted by Gasteiger charge is -2.31. The summed E-state index contributed by atoms with van der Waals surface area (Å²) in [5.74, 6) is 0.830. The van der Waals surface area contributed by atoms with E-state index in [1.807, 2.05) is 36.4 Å². The summed E-state index contributed by atoms with van der Waals surface area (Å²) in [7, 11) is 0. The van der Waals surface area contributed by atoms with Gasteiger partial charge in [0.2, 0.25) is 0 Å². The smallest absolute Gasteiger partial charge is 0.187 e. The van der Waals surface area contributed by atoms with Crippen molar-refractivity contribution in [2.75, 3.05) is 9.80 Å². The predicted octanol–water partition coefficient (Wildman–Crippen LogP) is 19.1. The molecule has 11 aromatic rings. The highest BCUT2D eigenvalue weighted by atomic mass is 15.1. The molecule has 1 unspecified atom stereocenters. The van der Waals surface area contributed by atoms with E-state index < -0.39 is 5.41 Å². The molecular formula is C69H50N4. The average Bonchev–Trinajstić information content (AvgIpc) is 3.88. The molecule has 0 heterocycles. The van der Waals surface area contributed by atoms with E-state index in [0.717, 1.165) is 44.9 Å². The van der Waals surface area contributed by atoms with Gasteiger partial charge in [0.05, 0.1) is 23.6 Å². The fourth-order valence-electron chi connectivity index (χ4n) is 12.0. The highest BCUT2D eigenvalue weighted by molar-refractivity contribution is 6.09. The Labute approximate surface area is 427 Å². The number of nitriles is 1. The Morgan fingerprint density at radius 1 is 0.411 bits per heavy atom. The van der Waals surface area contributed by atoms with Crippen LogP contribution in [0.3, 0.4) is 0 Å². The van der Waals surface area contributed by atoms with Gasteiger partial charge >= 0.3 is 0 Å². The van der Waals surface area contributed by atoms with Crippen LogP contribution in [0.15, 0.2) is 218 Å². The third-order valence-electron chi connectivity index (χ3n) is 15.6. The van der Waals surface area contributed by atoms with Gasteiger partial charge in [-0.2, -0.15) is 5.26 Å². The molecule has 0 bridgehead atoms. The number of nitrogens with zero attached hydrogens (tertiary/aromatic N) is 4. The van der Waals surface area contributed by atoms with E-state index in [-0.39, 0.29) is 0 Å². The molecule has 2 aliphatic carbocycles. The number of rotatable bonds is 8. The summed E-state index contributed by atoms with van der Waals surface area (Å²) in [4.78, 5) is 8.33. The lowest BCUT2D eigenvalue weighted by Crippen LogP contribution is -2.26. The highest BCUT2D eigenvalue weighted by Crippen LogP contribution is 2.65. The van der Waals surface area contributed by atoms with Crippen molar-refractivity contribution in [3.05, 3.63) is 269 Å². The molecule has 1 atom stereocenters. The molecule has 0 N–H and O–H groups in total. The molecule has 2 aliphatic rings. The van der Waals surface area contributed by atoms with Crippen LogP contribution in [-0.4, -0.2) is 0 Å². The van der Waals surface area contributed by atoms with E-state index in [1.54, 1.807) is 0 Å². The third-order valence-corrected chi connectivity index (χ3v) is 15.6. The van der Waals surface area contributed by atoms with E-state index in [1.165, 1.54) is 77.2 Å². The third kappa shape index (κ3) is 6.87. The average molecular weight is 935 g/mol. The summed E-state index contributed by atoms with van der Waals surface area (Å²) < 4.78 is 0. The van der Waals surface area contributed by atoms with E-state index >= 15 is 0 Å². The molecule has 0 fully saturated rings. The summed E-state index contributed by atoms with van der Waals surface area (Å²) in [5.41, 5.74) is 19.6. The minimum absolute atomic E-state index is 0.414. The fourth-order valence-corrected chi connectivity index (χ4v) is 12.0. The first-order valence-corrected chi connectivity index (χ1v) is 25.3. The van der Waals surface area contributed by atoms with Crippen molar-refractivity contribution in [2.45, 2.75) is 44.9 Å². The SMILES string of the molecule is [C-]#[N+]c1ccc(N(c2ccc(C(C)C)cc2)c2ccc3cc4c(cc3c2)C2(c3cc5cc(N(c6ccc(C#N)cc6)c6ccc(C(C)C)cc6)ccc5cc3-4)c3ccccc3-c3c2ccc2ccccc32)cc1. The molecule has 0 saturated heterocycles. The van der Waals surface area contributed by atoms with Crippen molar-refractivity contribution in [3.63, 3.8) is 0 Å². The van der Waals surface area contributed by atoms with E-state index in [0.29, 0.717) is 23.1 Å². The van der Waals surface area contributed by atoms with Gasteiger partial charge in [0, 0.05) is 34.1 Å². The standard InChI is InChI=1S/C69H50N4/c1-43(2)46-16-27-55(28-17-46)72(54-25-14-45(42-70)15-26-54)58-31-20-49-38-62-63-39-50-21-32-59(73(57-33-23-53(71-5)24-34-57)56-29-18-47(19-30-56)44(3)4)37-52(50)41-67(63)69(66(62)40-51(49)36-58)64-13-9-8-12-61(64)68-60-11-7-6-10-48(60)22-35-65(68)69/h6-41,43-44H,1-4H3. The molecular weight excluding hydrogens is 885 g/mol. The van der Waals surface area contributed by atoms with Gasteiger partial charge in [-0.1, -0.05) is 137 Å². The lowest BCUT2D eigenvalue weighted by atomic mass is 9.70. The van der Waals surface area contributed by atoms with Crippen LogP contribution in [0.4, 0.5) is 39.8 Å². The van der Waals surface area contributed by atoms with Crippen molar-refractivity contribution >= 4 is 72.1 Å². The maximum Gasteiger partial charge on any atom is 0.187 e. The van der Waals surface area contributed by atoms with Gasteiger partial charge in [0.25, 0.3) is 0 Å². The van der Waals surface area contributed by atoms with Crippen LogP contribution in [-0.2, 0) is 5.41 Å². The second-order valence-corrected chi connectivity index (χ2v) is 20.3. The first-order chi connectivity index (χ1) is 35.7. The first kappa shape index (κ1) is 43.8. The second-order valence-electron chi connectivity index (χ2n) is 20.3. The maximum absolute atomic E-state index is 9.74. The van der Waals surface area contributed by atoms with Gasteiger partial charge in [-0.25, -0.2) is 4.85 Å². The Morgan fingerprint density at radius 2 is 0.877 bits per heavy atom. The fraction of sp³-hybridized carbons (Fsp3) is 0.101. The van der Waals surface area contributed by atoms with Gasteiger partial charge in [0.1, 0.15) is 0 Å². The molecule has 0 radical (unpaired) electrons. The topological polar surface area (TPSA) is 34.6 Å². The zero-order valence-electron chi connectivity index (χ0n) is 41.2. The number of benzene rings is 11. The van der Waals surface area contributed by atoms with Crippen molar-refractivity contribution in [1.82, 2.24) is 0 Å². The van der Waals surface area contributed by atoms with Gasteiger partial charge in [-0.05, 0) is 209 Å². The Bertz CT molecular complexity index is 3890. The number of fused-ring (bicyclic) bond motifs is 14. The highest BCUT2D eigenvalue weighted by Gasteiger charge is 2.52. The quantitative estimate of drug-likeness (QED) is 0.142. The largest absolute Gasteiger partial charge is 0.311 e. The Kier molecular flexibility index (Phi) is 10.2. The van der Waals surface area contributed by atoms with Crippen molar-refractivity contribution < 1.29 is 0 Å². The minimum atomic E-state index is -0.615. The molecule has 13 rings (SSSR count). The van der Waals surface area contributed by atoms with Crippen LogP contribution in [0.2, 0.25) is 0 Å². The maximum atomic E-state index is 9.74. The Hall–Kier alpha value is -9.22. The summed E-state index contributed by atoms with van der Waals surface area (Å²) in [6.45, 7) is 16.6. The van der Waals surface area contributed by atoms with E-state index in [2.05, 4.69) is 230 Å². The van der Waals surface area contributed by atoms with Gasteiger partial charge < -0.3 is 9.80 Å². The lowest BCUT2D eigenvalue weighted by molar-refractivity contribution is 0.797. The zero-order valence-corrected chi connectivity index (χ0v) is 41.2. The normalized spacial score (nSPS) is 14.0. The summed E-state index contributed by atoms with van der Waals surface area (Å²) in [6, 6.07) is 82.2. The zero-order chi connectivity index (χ0) is 49.5. The summed E-state index contributed by atoms with van der Waals surface area (Å²) in [5, 5.41) is 16.9. The monoisotopic (exact) mass is 934 g/mol. The van der Waals surface area contributed by atoms with Crippen LogP contribution in [0.1, 0.15) is 78.5 Å². The minimum Gasteiger partial charge on any atom is -0.311 e. The molecule has 4 nitrogen and oxygen atoms in total. The second kappa shape index (κ2) is 17.0. The molecule has 0 aliphatic heterocycles. The van der Waals surface area contributed by atoms with Crippen LogP contribution in [0, 0.1) is 17.9 Å². The molecule has 0 aromatic heterocycles. The predicted molar refractivity (Wildman–Crippen MR) is 304 cm³/mol. The Balaban J connectivity index is 1.05. The van der Waals surface area contributed by atoms with Crippen LogP contribution < -0.4 is 9.80 Å². The number of hydrogen-bond donors (Lipinski definition) is 0. The molecule has 11 aromatic carbocycles. The van der Waals surface area contributed by atoms with Crippen molar-refractivity contribution in [1.29, 1.82) is 5.26 Å². The number of hydrogen-bond acceptors (Lipinski definition) is 3. The first-order valence-electron chi connectivity index (χ1n) is 25.3. The molecule has 1 spiro atoms. The molecule has 0 amide bonds. The molecule has 346 valence electrons. The van der Waals surface area contributed by atoms with Crippen LogP contribution in [0.5, 0.6) is 0 Å². The molecule has 73 heavy (non-hydrogen) atoms. The summed E-state index contributed by atoms with van der Waals surface area (Å²) in [6.07, 6.45) is 0. The van der Waals surface area contributed by atoms with Gasteiger partial charge in [-0.15, -0.1) is 0 Å². The number of anilines is 6. The molecule has 0 saturated carbocycles.